The number of benzene rings is 4. The second-order valence-electron chi connectivity index (χ2n) is 11.1. The Morgan fingerprint density at radius 1 is 0.617 bits per heavy atom. The Labute approximate surface area is 273 Å². The van der Waals surface area contributed by atoms with E-state index >= 15 is 0 Å². The zero-order valence-corrected chi connectivity index (χ0v) is 26.1. The van der Waals surface area contributed by atoms with E-state index in [-0.39, 0.29) is 29.7 Å². The van der Waals surface area contributed by atoms with Crippen molar-refractivity contribution in [2.45, 2.75) is 44.3 Å². The first-order valence-electron chi connectivity index (χ1n) is 15.8. The monoisotopic (exact) mass is 637 g/mol. The Hall–Kier alpha value is -4.79. The fourth-order valence-corrected chi connectivity index (χ4v) is 5.23. The van der Waals surface area contributed by atoms with Gasteiger partial charge >= 0.3 is 0 Å². The van der Waals surface area contributed by atoms with Crippen LogP contribution in [0.15, 0.2) is 132 Å². The molecular weight excluding hydrogens is 599 g/mol. The summed E-state index contributed by atoms with van der Waals surface area (Å²) in [6.07, 6.45) is 11.4. The van der Waals surface area contributed by atoms with Crippen molar-refractivity contribution in [3.63, 3.8) is 0 Å². The minimum Gasteiger partial charge on any atom is -0.369 e. The van der Waals surface area contributed by atoms with Crippen LogP contribution in [0.25, 0.3) is 0 Å². The van der Waals surface area contributed by atoms with Gasteiger partial charge in [-0.3, -0.25) is 4.99 Å². The van der Waals surface area contributed by atoms with Gasteiger partial charge in [-0.15, -0.1) is 0 Å². The maximum Gasteiger partial charge on any atom is 0.123 e. The van der Waals surface area contributed by atoms with Crippen molar-refractivity contribution < 1.29 is 22.6 Å². The molecule has 0 saturated heterocycles. The number of aliphatic imine (C=N–C) groups is 1. The Morgan fingerprint density at radius 2 is 1.11 bits per heavy atom. The van der Waals surface area contributed by atoms with Crippen LogP contribution in [0.5, 0.6) is 0 Å². The minimum atomic E-state index is -0.341. The smallest absolute Gasteiger partial charge is 0.123 e. The van der Waals surface area contributed by atoms with Crippen molar-refractivity contribution in [2.24, 2.45) is 4.99 Å². The first kappa shape index (κ1) is 33.6. The SMILES string of the molecule is Fc1ccc(C(OCCCC2=CCC=N2)c2ccc(F)cc2)cc1.Fc1ccc(C(OCCCc2cnc[nH]2)c2ccccc2)cc1. The van der Waals surface area contributed by atoms with Crippen molar-refractivity contribution in [1.29, 1.82) is 0 Å². The normalized spacial score (nSPS) is 12.9. The lowest BCUT2D eigenvalue weighted by Crippen LogP contribution is -2.08. The number of H-pyrrole nitrogens is 1. The van der Waals surface area contributed by atoms with E-state index in [1.165, 1.54) is 36.4 Å². The summed E-state index contributed by atoms with van der Waals surface area (Å²) in [7, 11) is 0. The number of ether oxygens (including phenoxy) is 2. The minimum absolute atomic E-state index is 0.182. The summed E-state index contributed by atoms with van der Waals surface area (Å²) in [5.74, 6) is -0.815. The van der Waals surface area contributed by atoms with Gasteiger partial charge < -0.3 is 14.5 Å². The molecular formula is C39H38F3N3O2. The van der Waals surface area contributed by atoms with Crippen LogP contribution in [0.2, 0.25) is 0 Å². The number of nitrogens with zero attached hydrogens (tertiary/aromatic N) is 2. The van der Waals surface area contributed by atoms with E-state index in [1.54, 1.807) is 42.7 Å². The first-order valence-corrected chi connectivity index (χ1v) is 15.8. The molecule has 8 heteroatoms. The van der Waals surface area contributed by atoms with Crippen LogP contribution in [-0.2, 0) is 15.9 Å². The summed E-state index contributed by atoms with van der Waals surface area (Å²) < 4.78 is 51.6. The molecule has 1 aliphatic heterocycles. The summed E-state index contributed by atoms with van der Waals surface area (Å²) in [4.78, 5) is 11.4. The van der Waals surface area contributed by atoms with Crippen molar-refractivity contribution >= 4 is 6.21 Å². The largest absolute Gasteiger partial charge is 0.369 e. The average Bonchev–Trinajstić information content (AvgIpc) is 3.83. The highest BCUT2D eigenvalue weighted by atomic mass is 19.1. The van der Waals surface area contributed by atoms with Crippen LogP contribution in [-0.4, -0.2) is 29.4 Å². The topological polar surface area (TPSA) is 59.5 Å². The van der Waals surface area contributed by atoms with Gasteiger partial charge in [0.2, 0.25) is 0 Å². The third-order valence-electron chi connectivity index (χ3n) is 7.63. The van der Waals surface area contributed by atoms with E-state index in [2.05, 4.69) is 21.0 Å². The summed E-state index contributed by atoms with van der Waals surface area (Å²) in [6.45, 7) is 1.17. The van der Waals surface area contributed by atoms with E-state index < -0.39 is 0 Å². The van der Waals surface area contributed by atoms with Crippen molar-refractivity contribution in [3.8, 4) is 0 Å². The second-order valence-corrected chi connectivity index (χ2v) is 11.1. The summed E-state index contributed by atoms with van der Waals surface area (Å²) >= 11 is 0. The van der Waals surface area contributed by atoms with Gasteiger partial charge in [-0.1, -0.05) is 72.8 Å². The van der Waals surface area contributed by atoms with Crippen molar-refractivity contribution in [3.05, 3.63) is 173 Å². The molecule has 5 nitrogen and oxygen atoms in total. The lowest BCUT2D eigenvalue weighted by atomic mass is 10.0. The summed E-state index contributed by atoms with van der Waals surface area (Å²) in [5, 5.41) is 0. The molecule has 0 radical (unpaired) electrons. The number of hydrogen-bond donors (Lipinski definition) is 1. The van der Waals surface area contributed by atoms with Gasteiger partial charge in [-0.05, 0) is 84.3 Å². The molecule has 4 aromatic carbocycles. The molecule has 0 fully saturated rings. The number of imidazole rings is 1. The molecule has 5 aromatic rings. The zero-order chi connectivity index (χ0) is 32.7. The van der Waals surface area contributed by atoms with Crippen LogP contribution in [0, 0.1) is 17.5 Å². The van der Waals surface area contributed by atoms with Crippen molar-refractivity contribution in [1.82, 2.24) is 9.97 Å². The Bertz CT molecular complexity index is 1630. The van der Waals surface area contributed by atoms with Gasteiger partial charge in [0.25, 0.3) is 0 Å². The number of aryl methyl sites for hydroxylation is 1. The number of nitrogens with one attached hydrogen (secondary N) is 1. The van der Waals surface area contributed by atoms with E-state index in [0.29, 0.717) is 13.2 Å². The van der Waals surface area contributed by atoms with E-state index in [9.17, 15) is 13.2 Å². The summed E-state index contributed by atoms with van der Waals surface area (Å²) in [6, 6.07) is 29.0. The number of hydrogen-bond acceptors (Lipinski definition) is 4. The van der Waals surface area contributed by atoms with Crippen LogP contribution >= 0.6 is 0 Å². The van der Waals surface area contributed by atoms with Crippen LogP contribution in [0.3, 0.4) is 0 Å². The van der Waals surface area contributed by atoms with Gasteiger partial charge in [-0.25, -0.2) is 18.2 Å². The lowest BCUT2D eigenvalue weighted by molar-refractivity contribution is 0.0781. The highest BCUT2D eigenvalue weighted by Gasteiger charge is 2.16. The van der Waals surface area contributed by atoms with Gasteiger partial charge in [0.15, 0.2) is 0 Å². The van der Waals surface area contributed by atoms with Crippen LogP contribution in [0.1, 0.15) is 65.8 Å². The predicted octanol–water partition coefficient (Wildman–Crippen LogP) is 9.50. The molecule has 1 aromatic heterocycles. The third kappa shape index (κ3) is 10.6. The maximum atomic E-state index is 13.2. The number of rotatable bonds is 14. The molecule has 6 rings (SSSR count). The zero-order valence-electron chi connectivity index (χ0n) is 26.1. The van der Waals surface area contributed by atoms with E-state index in [0.717, 1.165) is 65.7 Å². The molecule has 1 aliphatic rings. The van der Waals surface area contributed by atoms with Crippen LogP contribution in [0.4, 0.5) is 13.2 Å². The van der Waals surface area contributed by atoms with E-state index in [4.69, 9.17) is 9.47 Å². The fourth-order valence-electron chi connectivity index (χ4n) is 5.23. The fraction of sp³-hybridized carbons (Fsp3) is 0.231. The van der Waals surface area contributed by atoms with Crippen molar-refractivity contribution in [2.75, 3.05) is 13.2 Å². The molecule has 242 valence electrons. The second kappa shape index (κ2) is 17.8. The molecule has 2 heterocycles. The highest BCUT2D eigenvalue weighted by molar-refractivity contribution is 5.64. The van der Waals surface area contributed by atoms with Gasteiger partial charge in [0.1, 0.15) is 29.7 Å². The molecule has 1 N–H and O–H groups in total. The molecule has 1 atom stereocenters. The molecule has 1 unspecified atom stereocenters. The molecule has 0 spiro atoms. The van der Waals surface area contributed by atoms with Crippen LogP contribution < -0.4 is 0 Å². The average molecular weight is 638 g/mol. The molecule has 0 amide bonds. The molecule has 47 heavy (non-hydrogen) atoms. The summed E-state index contributed by atoms with van der Waals surface area (Å²) in [5.41, 5.74) is 5.92. The van der Waals surface area contributed by atoms with Gasteiger partial charge in [0.05, 0.1) is 6.33 Å². The number of halogens is 3. The number of allylic oxidation sites excluding steroid dienone is 2. The standard InChI is InChI=1S/C20H19F2NO.C19H19FN2O/c21-17-9-5-15(6-10-17)20(16-7-11-18(22)12-8-16)24-14-2-4-19-3-1-13-23-19;20-17-10-8-16(9-11-17)19(15-5-2-1-3-6-15)23-12-4-7-18-13-21-14-22-18/h3,5-13,20H,1-2,4,14H2;1-3,5-6,8-11,13-14,19H,4,7,12H2,(H,21,22). The number of aromatic amines is 1. The van der Waals surface area contributed by atoms with Gasteiger partial charge in [-0.2, -0.15) is 0 Å². The quantitative estimate of drug-likeness (QED) is 0.123. The molecule has 0 bridgehead atoms. The molecule has 0 saturated carbocycles. The Morgan fingerprint density at radius 3 is 1.55 bits per heavy atom. The Kier molecular flexibility index (Phi) is 12.7. The lowest BCUT2D eigenvalue weighted by Gasteiger charge is -2.19. The van der Waals surface area contributed by atoms with E-state index in [1.807, 2.05) is 42.7 Å². The third-order valence-corrected chi connectivity index (χ3v) is 7.63. The Balaban J connectivity index is 0.000000185. The first-order chi connectivity index (χ1) is 23.0. The predicted molar refractivity (Wildman–Crippen MR) is 179 cm³/mol. The highest BCUT2D eigenvalue weighted by Crippen LogP contribution is 2.28. The van der Waals surface area contributed by atoms with Gasteiger partial charge in [0, 0.05) is 43.4 Å². The maximum absolute atomic E-state index is 13.2. The molecule has 0 aliphatic carbocycles. The number of aromatic nitrogens is 2.